The predicted octanol–water partition coefficient (Wildman–Crippen LogP) is 12.3. The molecule has 0 atom stereocenters. The summed E-state index contributed by atoms with van der Waals surface area (Å²) >= 11 is 0. The summed E-state index contributed by atoms with van der Waals surface area (Å²) in [6, 6.07) is 57.9. The van der Waals surface area contributed by atoms with Crippen LogP contribution >= 0.6 is 0 Å². The molecule has 0 saturated carbocycles. The van der Waals surface area contributed by atoms with Crippen LogP contribution in [0.5, 0.6) is 0 Å². The molecule has 3 heteroatoms. The van der Waals surface area contributed by atoms with Crippen molar-refractivity contribution in [2.45, 2.75) is 13.8 Å². The fraction of sp³-hybridized carbons (Fsp3) is 0.0426. The van der Waals surface area contributed by atoms with Crippen molar-refractivity contribution in [3.8, 4) is 56.4 Å². The maximum Gasteiger partial charge on any atom is 0.164 e. The van der Waals surface area contributed by atoms with Crippen molar-refractivity contribution in [2.24, 2.45) is 0 Å². The van der Waals surface area contributed by atoms with Gasteiger partial charge >= 0.3 is 0 Å². The first-order chi connectivity index (χ1) is 24.6. The zero-order chi connectivity index (χ0) is 33.6. The number of benzene rings is 8. The van der Waals surface area contributed by atoms with Crippen molar-refractivity contribution >= 4 is 32.3 Å². The predicted molar refractivity (Wildman–Crippen MR) is 209 cm³/mol. The number of nitrogens with zero attached hydrogens (tertiary/aromatic N) is 3. The van der Waals surface area contributed by atoms with Crippen LogP contribution in [0.3, 0.4) is 0 Å². The van der Waals surface area contributed by atoms with Crippen molar-refractivity contribution in [3.63, 3.8) is 0 Å². The third-order valence-electron chi connectivity index (χ3n) is 9.86. The molecule has 0 spiro atoms. The molecule has 3 nitrogen and oxygen atoms in total. The first kappa shape index (κ1) is 29.7. The van der Waals surface area contributed by atoms with E-state index >= 15 is 0 Å². The molecule has 236 valence electrons. The summed E-state index contributed by atoms with van der Waals surface area (Å²) in [4.78, 5) is 15.2. The Bertz CT molecular complexity index is 2730. The number of hydrogen-bond acceptors (Lipinski definition) is 3. The van der Waals surface area contributed by atoms with Gasteiger partial charge in [-0.05, 0) is 97.7 Å². The molecule has 1 aromatic heterocycles. The third-order valence-corrected chi connectivity index (χ3v) is 9.86. The van der Waals surface area contributed by atoms with E-state index in [1.54, 1.807) is 0 Å². The minimum atomic E-state index is 0.654. The summed E-state index contributed by atoms with van der Waals surface area (Å²) in [5.41, 5.74) is 10.3. The molecule has 0 saturated heterocycles. The van der Waals surface area contributed by atoms with Gasteiger partial charge in [0.05, 0.1) is 0 Å². The van der Waals surface area contributed by atoms with Gasteiger partial charge in [0.25, 0.3) is 0 Å². The van der Waals surface area contributed by atoms with Gasteiger partial charge in [-0.3, -0.25) is 0 Å². The van der Waals surface area contributed by atoms with E-state index in [4.69, 9.17) is 15.0 Å². The van der Waals surface area contributed by atoms with E-state index in [0.717, 1.165) is 38.4 Å². The maximum atomic E-state index is 5.14. The number of hydrogen-bond donors (Lipinski definition) is 0. The Morgan fingerprint density at radius 3 is 1.78 bits per heavy atom. The average Bonchev–Trinajstić information content (AvgIpc) is 3.18. The Morgan fingerprint density at radius 2 is 0.920 bits per heavy atom. The Hall–Kier alpha value is -6.45. The highest BCUT2D eigenvalue weighted by molar-refractivity contribution is 5.99. The van der Waals surface area contributed by atoms with Gasteiger partial charge in [0, 0.05) is 16.7 Å². The molecule has 0 unspecified atom stereocenters. The van der Waals surface area contributed by atoms with Crippen LogP contribution in [-0.4, -0.2) is 15.0 Å². The Morgan fingerprint density at radius 1 is 0.320 bits per heavy atom. The number of aryl methyl sites for hydroxylation is 2. The van der Waals surface area contributed by atoms with Gasteiger partial charge in [-0.15, -0.1) is 0 Å². The van der Waals surface area contributed by atoms with Gasteiger partial charge in [0.15, 0.2) is 17.5 Å². The molecule has 50 heavy (non-hydrogen) atoms. The topological polar surface area (TPSA) is 38.7 Å². The molecule has 0 aliphatic rings. The van der Waals surface area contributed by atoms with Crippen molar-refractivity contribution in [1.29, 1.82) is 0 Å². The largest absolute Gasteiger partial charge is 0.208 e. The van der Waals surface area contributed by atoms with E-state index in [1.165, 1.54) is 44.0 Å². The highest BCUT2D eigenvalue weighted by Crippen LogP contribution is 2.37. The van der Waals surface area contributed by atoms with Crippen LogP contribution in [-0.2, 0) is 0 Å². The van der Waals surface area contributed by atoms with Crippen molar-refractivity contribution in [3.05, 3.63) is 175 Å². The lowest BCUT2D eigenvalue weighted by Gasteiger charge is -2.15. The quantitative estimate of drug-likeness (QED) is 0.188. The van der Waals surface area contributed by atoms with Crippen LogP contribution in [0.2, 0.25) is 0 Å². The van der Waals surface area contributed by atoms with Gasteiger partial charge < -0.3 is 0 Å². The molecule has 1 heterocycles. The summed E-state index contributed by atoms with van der Waals surface area (Å²) in [7, 11) is 0. The first-order valence-electron chi connectivity index (χ1n) is 17.0. The van der Waals surface area contributed by atoms with E-state index in [9.17, 15) is 0 Å². The normalized spacial score (nSPS) is 11.4. The van der Waals surface area contributed by atoms with Crippen LogP contribution in [0.25, 0.3) is 88.7 Å². The van der Waals surface area contributed by atoms with Crippen molar-refractivity contribution in [1.82, 2.24) is 15.0 Å². The van der Waals surface area contributed by atoms with E-state index in [1.807, 2.05) is 18.2 Å². The number of rotatable bonds is 5. The van der Waals surface area contributed by atoms with Gasteiger partial charge in [0.1, 0.15) is 0 Å². The van der Waals surface area contributed by atoms with Crippen LogP contribution in [0.4, 0.5) is 0 Å². The summed E-state index contributed by atoms with van der Waals surface area (Å²) in [6.07, 6.45) is 0. The fourth-order valence-electron chi connectivity index (χ4n) is 7.13. The molecular formula is C47H33N3. The van der Waals surface area contributed by atoms with Crippen LogP contribution in [0.15, 0.2) is 164 Å². The number of aromatic nitrogens is 3. The molecule has 9 rings (SSSR count). The molecule has 0 amide bonds. The molecule has 0 radical (unpaired) electrons. The molecular weight excluding hydrogens is 607 g/mol. The molecule has 0 aliphatic heterocycles. The van der Waals surface area contributed by atoms with Crippen molar-refractivity contribution < 1.29 is 0 Å². The Balaban J connectivity index is 1.20. The zero-order valence-electron chi connectivity index (χ0n) is 27.9. The summed E-state index contributed by atoms with van der Waals surface area (Å²) in [6.45, 7) is 4.43. The van der Waals surface area contributed by atoms with Crippen LogP contribution in [0.1, 0.15) is 11.1 Å². The second-order valence-corrected chi connectivity index (χ2v) is 13.0. The lowest BCUT2D eigenvalue weighted by Crippen LogP contribution is -2.00. The summed E-state index contributed by atoms with van der Waals surface area (Å²) < 4.78 is 0. The molecule has 0 bridgehead atoms. The highest BCUT2D eigenvalue weighted by Gasteiger charge is 2.16. The average molecular weight is 640 g/mol. The monoisotopic (exact) mass is 639 g/mol. The maximum absolute atomic E-state index is 5.14. The van der Waals surface area contributed by atoms with Gasteiger partial charge in [-0.25, -0.2) is 15.0 Å². The molecule has 9 aromatic rings. The lowest BCUT2D eigenvalue weighted by molar-refractivity contribution is 1.08. The summed E-state index contributed by atoms with van der Waals surface area (Å²) in [5.74, 6) is 1.96. The Kier molecular flexibility index (Phi) is 7.25. The smallest absolute Gasteiger partial charge is 0.164 e. The zero-order valence-corrected chi connectivity index (χ0v) is 27.9. The minimum Gasteiger partial charge on any atom is -0.208 e. The van der Waals surface area contributed by atoms with Crippen LogP contribution < -0.4 is 0 Å². The second kappa shape index (κ2) is 12.2. The fourth-order valence-corrected chi connectivity index (χ4v) is 7.13. The van der Waals surface area contributed by atoms with E-state index in [2.05, 4.69) is 159 Å². The minimum absolute atomic E-state index is 0.654. The standard InChI is InChI=1S/C47H33N3/c1-30-19-20-37(28-43(30)41-26-25-33-12-8-9-17-40(33)31(41)2)38-23-22-34-16-10-18-42(44(34)29-38)47-49-45(35-13-4-3-5-14-35)48-46(50-47)39-24-21-32-11-6-7-15-36(32)27-39/h3-29H,1-2H3. The SMILES string of the molecule is Cc1ccc(-c2ccc3cccc(-c4nc(-c5ccccc5)nc(-c5ccc6ccccc6c5)n4)c3c2)cc1-c1ccc2ccccc2c1C. The summed E-state index contributed by atoms with van der Waals surface area (Å²) in [5, 5.41) is 7.13. The molecule has 8 aromatic carbocycles. The van der Waals surface area contributed by atoms with Gasteiger partial charge in [0.2, 0.25) is 0 Å². The van der Waals surface area contributed by atoms with Crippen molar-refractivity contribution in [2.75, 3.05) is 0 Å². The molecule has 0 fully saturated rings. The molecule has 0 aliphatic carbocycles. The Labute approximate surface area is 291 Å². The third kappa shape index (κ3) is 5.30. The number of fused-ring (bicyclic) bond motifs is 3. The van der Waals surface area contributed by atoms with Crippen LogP contribution in [0, 0.1) is 13.8 Å². The molecule has 0 N–H and O–H groups in total. The van der Waals surface area contributed by atoms with E-state index in [-0.39, 0.29) is 0 Å². The lowest BCUT2D eigenvalue weighted by atomic mass is 9.90. The van der Waals surface area contributed by atoms with E-state index in [0.29, 0.717) is 17.5 Å². The second-order valence-electron chi connectivity index (χ2n) is 13.0. The van der Waals surface area contributed by atoms with E-state index < -0.39 is 0 Å². The first-order valence-corrected chi connectivity index (χ1v) is 17.0. The van der Waals surface area contributed by atoms with Gasteiger partial charge in [-0.2, -0.15) is 0 Å². The highest BCUT2D eigenvalue weighted by atomic mass is 15.0. The van der Waals surface area contributed by atoms with Gasteiger partial charge in [-0.1, -0.05) is 146 Å².